The normalized spacial score (nSPS) is 13.1. The smallest absolute Gasteiger partial charge is 0.274 e. The molecule has 6 nitrogen and oxygen atoms in total. The largest absolute Gasteiger partial charge is 0.348 e. The Bertz CT molecular complexity index is 648. The fourth-order valence-electron chi connectivity index (χ4n) is 2.60. The molecule has 1 aromatic heterocycles. The van der Waals surface area contributed by atoms with Crippen LogP contribution in [0, 0.1) is 5.41 Å². The van der Waals surface area contributed by atoms with Crippen LogP contribution in [0.4, 0.5) is 0 Å². The minimum atomic E-state index is -0.211. The first-order valence-corrected chi connectivity index (χ1v) is 7.73. The number of rotatable bonds is 6. The molecule has 0 radical (unpaired) electrons. The van der Waals surface area contributed by atoms with E-state index in [0.29, 0.717) is 11.4 Å². The molecule has 23 heavy (non-hydrogen) atoms. The first-order valence-electron chi connectivity index (χ1n) is 7.73. The standard InChI is InChI=1S/C17H25N5O/c1-12(17(2,3)11-22(4)5)18-16(23)15-14(19-21-20-15)13-9-7-6-8-10-13/h6-10,12H,11H2,1-5H3,(H,18,23)(H,19,20,21)/t12-/m1/s1. The average molecular weight is 315 g/mol. The Hall–Kier alpha value is -2.21. The van der Waals surface area contributed by atoms with Crippen LogP contribution in [0.2, 0.25) is 0 Å². The van der Waals surface area contributed by atoms with Gasteiger partial charge in [-0.1, -0.05) is 44.2 Å². The van der Waals surface area contributed by atoms with E-state index in [2.05, 4.69) is 39.5 Å². The highest BCUT2D eigenvalue weighted by Crippen LogP contribution is 2.23. The molecule has 0 bridgehead atoms. The molecule has 124 valence electrons. The molecule has 1 atom stereocenters. The van der Waals surface area contributed by atoms with Crippen LogP contribution in [-0.2, 0) is 0 Å². The number of hydrogen-bond donors (Lipinski definition) is 2. The van der Waals surface area contributed by atoms with Gasteiger partial charge in [-0.25, -0.2) is 0 Å². The highest BCUT2D eigenvalue weighted by molar-refractivity contribution is 5.98. The number of nitrogens with one attached hydrogen (secondary N) is 2. The molecular formula is C17H25N5O. The summed E-state index contributed by atoms with van der Waals surface area (Å²) in [7, 11) is 4.06. The second-order valence-corrected chi connectivity index (χ2v) is 6.81. The Kier molecular flexibility index (Phi) is 5.15. The van der Waals surface area contributed by atoms with Gasteiger partial charge in [0.1, 0.15) is 5.69 Å². The molecule has 2 aromatic rings. The van der Waals surface area contributed by atoms with E-state index in [9.17, 15) is 4.79 Å². The van der Waals surface area contributed by atoms with Gasteiger partial charge < -0.3 is 10.2 Å². The van der Waals surface area contributed by atoms with Crippen LogP contribution >= 0.6 is 0 Å². The van der Waals surface area contributed by atoms with Crippen molar-refractivity contribution in [1.82, 2.24) is 25.6 Å². The van der Waals surface area contributed by atoms with Crippen molar-refractivity contribution in [3.05, 3.63) is 36.0 Å². The Labute approximate surface area is 137 Å². The van der Waals surface area contributed by atoms with Gasteiger partial charge in [0, 0.05) is 18.2 Å². The minimum absolute atomic E-state index is 0.00211. The van der Waals surface area contributed by atoms with Crippen molar-refractivity contribution < 1.29 is 4.79 Å². The van der Waals surface area contributed by atoms with Gasteiger partial charge in [-0.15, -0.1) is 0 Å². The number of aromatic nitrogens is 3. The lowest BCUT2D eigenvalue weighted by Crippen LogP contribution is -2.47. The van der Waals surface area contributed by atoms with Crippen LogP contribution in [0.15, 0.2) is 30.3 Å². The summed E-state index contributed by atoms with van der Waals surface area (Å²) in [5, 5.41) is 13.8. The highest BCUT2D eigenvalue weighted by Gasteiger charge is 2.29. The van der Waals surface area contributed by atoms with E-state index < -0.39 is 0 Å². The zero-order valence-corrected chi connectivity index (χ0v) is 14.4. The van der Waals surface area contributed by atoms with Gasteiger partial charge in [-0.2, -0.15) is 15.4 Å². The topological polar surface area (TPSA) is 73.9 Å². The van der Waals surface area contributed by atoms with E-state index in [-0.39, 0.29) is 17.4 Å². The van der Waals surface area contributed by atoms with Crippen LogP contribution < -0.4 is 5.32 Å². The number of amides is 1. The van der Waals surface area contributed by atoms with Crippen LogP contribution in [0.3, 0.4) is 0 Å². The summed E-state index contributed by atoms with van der Waals surface area (Å²) >= 11 is 0. The molecule has 0 fully saturated rings. The first kappa shape index (κ1) is 17.1. The number of carbonyl (C=O) groups excluding carboxylic acids is 1. The van der Waals surface area contributed by atoms with E-state index in [1.807, 2.05) is 51.4 Å². The van der Waals surface area contributed by atoms with Crippen molar-refractivity contribution >= 4 is 5.91 Å². The quantitative estimate of drug-likeness (QED) is 0.857. The van der Waals surface area contributed by atoms with Crippen molar-refractivity contribution in [2.45, 2.75) is 26.8 Å². The third kappa shape index (κ3) is 4.16. The Morgan fingerprint density at radius 2 is 1.91 bits per heavy atom. The van der Waals surface area contributed by atoms with E-state index in [0.717, 1.165) is 12.1 Å². The van der Waals surface area contributed by atoms with Crippen molar-refractivity contribution in [1.29, 1.82) is 0 Å². The maximum atomic E-state index is 12.6. The number of carbonyl (C=O) groups is 1. The van der Waals surface area contributed by atoms with Crippen molar-refractivity contribution in [2.24, 2.45) is 5.41 Å². The summed E-state index contributed by atoms with van der Waals surface area (Å²) in [6.07, 6.45) is 0. The van der Waals surface area contributed by atoms with Crippen LogP contribution in [-0.4, -0.2) is 52.9 Å². The van der Waals surface area contributed by atoms with Gasteiger partial charge in [0.25, 0.3) is 5.91 Å². The first-order chi connectivity index (χ1) is 10.8. The molecular weight excluding hydrogens is 290 g/mol. The zero-order chi connectivity index (χ0) is 17.0. The van der Waals surface area contributed by atoms with Gasteiger partial charge in [0.05, 0.1) is 0 Å². The van der Waals surface area contributed by atoms with E-state index in [1.165, 1.54) is 0 Å². The van der Waals surface area contributed by atoms with E-state index in [1.54, 1.807) is 0 Å². The molecule has 0 saturated heterocycles. The SMILES string of the molecule is C[C@@H](NC(=O)c1n[nH]nc1-c1ccccc1)C(C)(C)CN(C)C. The lowest BCUT2D eigenvalue weighted by molar-refractivity contribution is 0.0881. The zero-order valence-electron chi connectivity index (χ0n) is 14.4. The maximum absolute atomic E-state index is 12.6. The predicted molar refractivity (Wildman–Crippen MR) is 91.1 cm³/mol. The van der Waals surface area contributed by atoms with Gasteiger partial charge in [0.2, 0.25) is 0 Å². The Morgan fingerprint density at radius 1 is 1.26 bits per heavy atom. The Balaban J connectivity index is 2.15. The average Bonchev–Trinajstić information content (AvgIpc) is 2.96. The van der Waals surface area contributed by atoms with Gasteiger partial charge in [-0.05, 0) is 26.4 Å². The third-order valence-corrected chi connectivity index (χ3v) is 4.05. The summed E-state index contributed by atoms with van der Waals surface area (Å²) in [6.45, 7) is 7.17. The number of hydrogen-bond acceptors (Lipinski definition) is 4. The van der Waals surface area contributed by atoms with Crippen LogP contribution in [0.5, 0.6) is 0 Å². The lowest BCUT2D eigenvalue weighted by Gasteiger charge is -2.34. The summed E-state index contributed by atoms with van der Waals surface area (Å²) in [6, 6.07) is 9.57. The summed E-state index contributed by atoms with van der Waals surface area (Å²) in [4.78, 5) is 14.7. The second-order valence-electron chi connectivity index (χ2n) is 6.81. The fourth-order valence-corrected chi connectivity index (χ4v) is 2.60. The van der Waals surface area contributed by atoms with Crippen molar-refractivity contribution in [3.63, 3.8) is 0 Å². The summed E-state index contributed by atoms with van der Waals surface area (Å²) in [5.41, 5.74) is 1.70. The lowest BCUT2D eigenvalue weighted by atomic mass is 9.85. The van der Waals surface area contributed by atoms with Gasteiger partial charge >= 0.3 is 0 Å². The Morgan fingerprint density at radius 3 is 2.52 bits per heavy atom. The molecule has 0 aliphatic rings. The van der Waals surface area contributed by atoms with Crippen LogP contribution in [0.1, 0.15) is 31.3 Å². The summed E-state index contributed by atoms with van der Waals surface area (Å²) in [5.74, 6) is -0.211. The van der Waals surface area contributed by atoms with E-state index in [4.69, 9.17) is 0 Å². The molecule has 0 saturated carbocycles. The number of nitrogens with zero attached hydrogens (tertiary/aromatic N) is 3. The minimum Gasteiger partial charge on any atom is -0.348 e. The third-order valence-electron chi connectivity index (χ3n) is 4.05. The molecule has 0 unspecified atom stereocenters. The van der Waals surface area contributed by atoms with Crippen molar-refractivity contribution in [3.8, 4) is 11.3 Å². The monoisotopic (exact) mass is 315 g/mol. The molecule has 6 heteroatoms. The maximum Gasteiger partial charge on any atom is 0.274 e. The molecule has 2 rings (SSSR count). The summed E-state index contributed by atoms with van der Waals surface area (Å²) < 4.78 is 0. The van der Waals surface area contributed by atoms with E-state index >= 15 is 0 Å². The van der Waals surface area contributed by atoms with Gasteiger partial charge in [-0.3, -0.25) is 4.79 Å². The molecule has 1 amide bonds. The molecule has 1 heterocycles. The second kappa shape index (κ2) is 6.91. The molecule has 1 aromatic carbocycles. The number of H-pyrrole nitrogens is 1. The molecule has 0 aliphatic heterocycles. The highest BCUT2D eigenvalue weighted by atomic mass is 16.2. The predicted octanol–water partition coefficient (Wildman–Crippen LogP) is 2.18. The molecule has 0 spiro atoms. The van der Waals surface area contributed by atoms with Crippen molar-refractivity contribution in [2.75, 3.05) is 20.6 Å². The van der Waals surface area contributed by atoms with Gasteiger partial charge in [0.15, 0.2) is 5.69 Å². The number of benzene rings is 1. The molecule has 2 N–H and O–H groups in total. The fraction of sp³-hybridized carbons (Fsp3) is 0.471. The number of aromatic amines is 1. The molecule has 0 aliphatic carbocycles. The van der Waals surface area contributed by atoms with Crippen LogP contribution in [0.25, 0.3) is 11.3 Å².